The summed E-state index contributed by atoms with van der Waals surface area (Å²) in [7, 11) is -3.42. The molecule has 0 unspecified atom stereocenters. The highest BCUT2D eigenvalue weighted by Gasteiger charge is 2.25. The highest BCUT2D eigenvalue weighted by Crippen LogP contribution is 2.24. The zero-order chi connectivity index (χ0) is 21.4. The number of fused-ring (bicyclic) bond motifs is 1. The molecule has 2 aromatic carbocycles. The van der Waals surface area contributed by atoms with E-state index in [0.29, 0.717) is 36.1 Å². The third kappa shape index (κ3) is 4.00. The van der Waals surface area contributed by atoms with Crippen molar-refractivity contribution >= 4 is 20.9 Å². The molecular weight excluding hydrogens is 412 g/mol. The second-order valence-corrected chi connectivity index (χ2v) is 9.99. The Balaban J connectivity index is 1.32. The van der Waals surface area contributed by atoms with Crippen LogP contribution in [0.25, 0.3) is 22.3 Å². The van der Waals surface area contributed by atoms with Crippen molar-refractivity contribution in [3.63, 3.8) is 0 Å². The first-order valence-electron chi connectivity index (χ1n) is 10.5. The Bertz CT molecular complexity index is 1320. The molecule has 31 heavy (non-hydrogen) atoms. The van der Waals surface area contributed by atoms with Gasteiger partial charge in [0, 0.05) is 29.9 Å². The van der Waals surface area contributed by atoms with Crippen molar-refractivity contribution in [3.8, 4) is 11.4 Å². The maximum absolute atomic E-state index is 12.8. The molecule has 0 saturated carbocycles. The highest BCUT2D eigenvalue weighted by atomic mass is 32.2. The number of H-pyrrole nitrogens is 1. The molecule has 1 aliphatic rings. The zero-order valence-corrected chi connectivity index (χ0v) is 18.2. The number of nitrogens with zero attached hydrogens (tertiary/aromatic N) is 3. The summed E-state index contributed by atoms with van der Waals surface area (Å²) in [6, 6.07) is 15.1. The van der Waals surface area contributed by atoms with E-state index in [1.807, 2.05) is 37.3 Å². The topological polar surface area (TPSA) is 92.1 Å². The fourth-order valence-corrected chi connectivity index (χ4v) is 5.58. The molecule has 0 radical (unpaired) electrons. The molecule has 2 aromatic heterocycles. The van der Waals surface area contributed by atoms with E-state index >= 15 is 0 Å². The molecule has 0 bridgehead atoms. The standard InChI is InChI=1S/C23H24N4O3S/c1-16-13-18-7-8-19(15-21(18)24-16)23-25-22(30-26-23)14-17-5-9-20(10-6-17)31(28,29)27-11-3-2-4-12-27/h5-10,13,15,24H,2-4,11-12,14H2,1H3. The molecule has 1 fully saturated rings. The van der Waals surface area contributed by atoms with Gasteiger partial charge >= 0.3 is 0 Å². The van der Waals surface area contributed by atoms with Crippen LogP contribution in [-0.2, 0) is 16.4 Å². The molecule has 0 aliphatic carbocycles. The van der Waals surface area contributed by atoms with Gasteiger partial charge in [-0.1, -0.05) is 35.8 Å². The van der Waals surface area contributed by atoms with Crippen molar-refractivity contribution < 1.29 is 12.9 Å². The largest absolute Gasteiger partial charge is 0.359 e. The van der Waals surface area contributed by atoms with Crippen molar-refractivity contribution in [3.05, 3.63) is 65.7 Å². The van der Waals surface area contributed by atoms with Gasteiger partial charge in [-0.2, -0.15) is 9.29 Å². The number of benzene rings is 2. The van der Waals surface area contributed by atoms with Gasteiger partial charge in [-0.15, -0.1) is 0 Å². The zero-order valence-electron chi connectivity index (χ0n) is 17.3. The predicted molar refractivity (Wildman–Crippen MR) is 118 cm³/mol. The van der Waals surface area contributed by atoms with Crippen LogP contribution in [0.15, 0.2) is 57.9 Å². The molecule has 3 heterocycles. The lowest BCUT2D eigenvalue weighted by molar-refractivity contribution is 0.346. The quantitative estimate of drug-likeness (QED) is 0.504. The van der Waals surface area contributed by atoms with E-state index in [1.54, 1.807) is 16.4 Å². The summed E-state index contributed by atoms with van der Waals surface area (Å²) in [4.78, 5) is 8.17. The van der Waals surface area contributed by atoms with Crippen LogP contribution in [0.4, 0.5) is 0 Å². The monoisotopic (exact) mass is 436 g/mol. The number of hydrogen-bond acceptors (Lipinski definition) is 5. The SMILES string of the molecule is Cc1cc2ccc(-c3noc(Cc4ccc(S(=O)(=O)N5CCCCC5)cc4)n3)cc2[nH]1. The van der Waals surface area contributed by atoms with E-state index in [-0.39, 0.29) is 0 Å². The highest BCUT2D eigenvalue weighted by molar-refractivity contribution is 7.89. The summed E-state index contributed by atoms with van der Waals surface area (Å²) in [5.41, 5.74) is 3.94. The Morgan fingerprint density at radius 2 is 1.81 bits per heavy atom. The molecule has 1 N–H and O–H groups in total. The fourth-order valence-electron chi connectivity index (χ4n) is 4.06. The van der Waals surface area contributed by atoms with Crippen molar-refractivity contribution in [2.75, 3.05) is 13.1 Å². The normalized spacial score (nSPS) is 15.5. The van der Waals surface area contributed by atoms with Crippen LogP contribution in [0.3, 0.4) is 0 Å². The lowest BCUT2D eigenvalue weighted by atomic mass is 10.1. The summed E-state index contributed by atoms with van der Waals surface area (Å²) in [6.45, 7) is 3.22. The van der Waals surface area contributed by atoms with E-state index in [2.05, 4.69) is 21.2 Å². The van der Waals surface area contributed by atoms with E-state index in [4.69, 9.17) is 4.52 Å². The Kier molecular flexibility index (Phi) is 5.11. The minimum Gasteiger partial charge on any atom is -0.359 e. The molecule has 8 heteroatoms. The Labute approximate surface area is 181 Å². The van der Waals surface area contributed by atoms with Gasteiger partial charge in [-0.05, 0) is 55.0 Å². The van der Waals surface area contributed by atoms with Gasteiger partial charge < -0.3 is 9.51 Å². The number of sulfonamides is 1. The Morgan fingerprint density at radius 1 is 1.03 bits per heavy atom. The molecule has 4 aromatic rings. The van der Waals surface area contributed by atoms with Crippen LogP contribution in [-0.4, -0.2) is 40.9 Å². The molecule has 0 spiro atoms. The number of piperidine rings is 1. The van der Waals surface area contributed by atoms with E-state index in [9.17, 15) is 8.42 Å². The lowest BCUT2D eigenvalue weighted by Crippen LogP contribution is -2.35. The van der Waals surface area contributed by atoms with Crippen LogP contribution in [0, 0.1) is 6.92 Å². The third-order valence-corrected chi connectivity index (χ3v) is 7.63. The third-order valence-electron chi connectivity index (χ3n) is 5.71. The van der Waals surface area contributed by atoms with Gasteiger partial charge in [0.2, 0.25) is 21.7 Å². The minimum absolute atomic E-state index is 0.332. The smallest absolute Gasteiger partial charge is 0.243 e. The molecule has 0 atom stereocenters. The summed E-state index contributed by atoms with van der Waals surface area (Å²) in [5, 5.41) is 5.25. The number of rotatable bonds is 5. The first kappa shape index (κ1) is 20.0. The van der Waals surface area contributed by atoms with Crippen LogP contribution in [0.5, 0.6) is 0 Å². The van der Waals surface area contributed by atoms with Gasteiger partial charge in [-0.25, -0.2) is 8.42 Å². The summed E-state index contributed by atoms with van der Waals surface area (Å²) < 4.78 is 32.6. The predicted octanol–water partition coefficient (Wildman–Crippen LogP) is 4.29. The first-order chi connectivity index (χ1) is 15.0. The number of aromatic nitrogens is 3. The minimum atomic E-state index is -3.42. The second kappa shape index (κ2) is 7.94. The summed E-state index contributed by atoms with van der Waals surface area (Å²) >= 11 is 0. The lowest BCUT2D eigenvalue weighted by Gasteiger charge is -2.25. The van der Waals surface area contributed by atoms with Gasteiger partial charge in [0.25, 0.3) is 0 Å². The Morgan fingerprint density at radius 3 is 2.58 bits per heavy atom. The van der Waals surface area contributed by atoms with Gasteiger partial charge in [0.15, 0.2) is 0 Å². The van der Waals surface area contributed by atoms with Gasteiger partial charge in [0.05, 0.1) is 11.3 Å². The molecule has 5 rings (SSSR count). The molecule has 1 saturated heterocycles. The summed E-state index contributed by atoms with van der Waals surface area (Å²) in [5.74, 6) is 1.03. The molecule has 1 aliphatic heterocycles. The number of aryl methyl sites for hydroxylation is 1. The number of nitrogens with one attached hydrogen (secondary N) is 1. The first-order valence-corrected chi connectivity index (χ1v) is 11.9. The average molecular weight is 437 g/mol. The van der Waals surface area contributed by atoms with Crippen LogP contribution in [0.2, 0.25) is 0 Å². The van der Waals surface area contributed by atoms with Crippen LogP contribution < -0.4 is 0 Å². The van der Waals surface area contributed by atoms with E-state index < -0.39 is 10.0 Å². The molecule has 0 amide bonds. The number of aromatic amines is 1. The maximum Gasteiger partial charge on any atom is 0.243 e. The van der Waals surface area contributed by atoms with Crippen molar-refractivity contribution in [1.82, 2.24) is 19.4 Å². The number of hydrogen-bond donors (Lipinski definition) is 1. The van der Waals surface area contributed by atoms with E-state index in [0.717, 1.165) is 47.0 Å². The average Bonchev–Trinajstić information content (AvgIpc) is 3.39. The second-order valence-electron chi connectivity index (χ2n) is 8.05. The molecular formula is C23H24N4O3S. The van der Waals surface area contributed by atoms with Crippen molar-refractivity contribution in [1.29, 1.82) is 0 Å². The fraction of sp³-hybridized carbons (Fsp3) is 0.304. The van der Waals surface area contributed by atoms with Crippen LogP contribution in [0.1, 0.15) is 36.4 Å². The van der Waals surface area contributed by atoms with Gasteiger partial charge in [-0.3, -0.25) is 0 Å². The van der Waals surface area contributed by atoms with E-state index in [1.165, 1.54) is 0 Å². The van der Waals surface area contributed by atoms with Crippen molar-refractivity contribution in [2.24, 2.45) is 0 Å². The molecule has 7 nitrogen and oxygen atoms in total. The van der Waals surface area contributed by atoms with Crippen molar-refractivity contribution in [2.45, 2.75) is 37.5 Å². The Hall–Kier alpha value is -2.97. The summed E-state index contributed by atoms with van der Waals surface area (Å²) in [6.07, 6.45) is 3.39. The van der Waals surface area contributed by atoms with Crippen LogP contribution >= 0.6 is 0 Å². The van der Waals surface area contributed by atoms with Gasteiger partial charge in [0.1, 0.15) is 0 Å². The molecule has 160 valence electrons. The maximum atomic E-state index is 12.8.